The van der Waals surface area contributed by atoms with Gasteiger partial charge in [0.2, 0.25) is 0 Å². The molecule has 0 bridgehead atoms. The second kappa shape index (κ2) is 6.90. The molecule has 2 heteroatoms. The summed E-state index contributed by atoms with van der Waals surface area (Å²) >= 11 is 2.12. The first-order valence-corrected chi connectivity index (χ1v) is 8.35. The van der Waals surface area contributed by atoms with Gasteiger partial charge in [0.15, 0.2) is 0 Å². The van der Waals surface area contributed by atoms with Crippen LogP contribution < -0.4 is 5.32 Å². The topological polar surface area (TPSA) is 12.0 Å². The summed E-state index contributed by atoms with van der Waals surface area (Å²) in [5, 5.41) is 3.81. The van der Waals surface area contributed by atoms with Gasteiger partial charge in [0.25, 0.3) is 0 Å². The Morgan fingerprint density at radius 2 is 1.56 bits per heavy atom. The maximum absolute atomic E-state index is 3.81. The molecular formula is C14H27NS. The van der Waals surface area contributed by atoms with Crippen LogP contribution in [-0.4, -0.2) is 24.1 Å². The maximum atomic E-state index is 3.81. The predicted octanol–water partition coefficient (Wildman–Crippen LogP) is 3.69. The standard InChI is InChI=1S/C14H27NS/c1-2-12-3-5-13(6-4-12)11-15-14-7-9-16-10-8-14/h12-15H,2-11H2,1H3. The van der Waals surface area contributed by atoms with Gasteiger partial charge < -0.3 is 5.32 Å². The average Bonchev–Trinajstić information content (AvgIpc) is 2.38. The van der Waals surface area contributed by atoms with Crippen LogP contribution in [0.4, 0.5) is 0 Å². The minimum absolute atomic E-state index is 0.838. The highest BCUT2D eigenvalue weighted by Gasteiger charge is 2.21. The van der Waals surface area contributed by atoms with Gasteiger partial charge >= 0.3 is 0 Å². The van der Waals surface area contributed by atoms with Crippen molar-refractivity contribution < 1.29 is 0 Å². The zero-order valence-electron chi connectivity index (χ0n) is 10.7. The SMILES string of the molecule is CCC1CCC(CNC2CCSCC2)CC1. The Bertz CT molecular complexity index is 181. The third-order valence-corrected chi connectivity index (χ3v) is 5.51. The third kappa shape index (κ3) is 3.96. The van der Waals surface area contributed by atoms with E-state index in [1.807, 2.05) is 0 Å². The molecule has 2 rings (SSSR count). The highest BCUT2D eigenvalue weighted by molar-refractivity contribution is 7.99. The normalized spacial score (nSPS) is 32.8. The van der Waals surface area contributed by atoms with Crippen molar-refractivity contribution in [1.29, 1.82) is 0 Å². The molecule has 2 aliphatic rings. The summed E-state index contributed by atoms with van der Waals surface area (Å²) in [6.45, 7) is 3.65. The molecule has 0 unspecified atom stereocenters. The van der Waals surface area contributed by atoms with Crippen LogP contribution in [0.15, 0.2) is 0 Å². The largest absolute Gasteiger partial charge is 0.314 e. The van der Waals surface area contributed by atoms with Gasteiger partial charge in [-0.15, -0.1) is 0 Å². The lowest BCUT2D eigenvalue weighted by Gasteiger charge is -2.30. The third-order valence-electron chi connectivity index (χ3n) is 4.46. The minimum Gasteiger partial charge on any atom is -0.314 e. The van der Waals surface area contributed by atoms with Crippen LogP contribution >= 0.6 is 11.8 Å². The van der Waals surface area contributed by atoms with Crippen molar-refractivity contribution in [2.24, 2.45) is 11.8 Å². The van der Waals surface area contributed by atoms with Crippen LogP contribution in [-0.2, 0) is 0 Å². The molecule has 0 radical (unpaired) electrons. The van der Waals surface area contributed by atoms with Gasteiger partial charge in [0.05, 0.1) is 0 Å². The highest BCUT2D eigenvalue weighted by Crippen LogP contribution is 2.30. The molecule has 1 aliphatic carbocycles. The molecule has 0 aromatic rings. The number of nitrogens with one attached hydrogen (secondary N) is 1. The molecule has 16 heavy (non-hydrogen) atoms. The fourth-order valence-electron chi connectivity index (χ4n) is 3.08. The van der Waals surface area contributed by atoms with Crippen LogP contribution in [0, 0.1) is 11.8 Å². The first-order chi connectivity index (χ1) is 7.88. The van der Waals surface area contributed by atoms with Crippen LogP contribution in [0.25, 0.3) is 0 Å². The summed E-state index contributed by atoms with van der Waals surface area (Å²) in [7, 11) is 0. The van der Waals surface area contributed by atoms with Gasteiger partial charge in [-0.25, -0.2) is 0 Å². The summed E-state index contributed by atoms with van der Waals surface area (Å²) in [6, 6.07) is 0.838. The number of hydrogen-bond donors (Lipinski definition) is 1. The molecule has 1 saturated carbocycles. The lowest BCUT2D eigenvalue weighted by Crippen LogP contribution is -2.37. The van der Waals surface area contributed by atoms with E-state index in [0.717, 1.165) is 17.9 Å². The summed E-state index contributed by atoms with van der Waals surface area (Å²) < 4.78 is 0. The van der Waals surface area contributed by atoms with E-state index in [2.05, 4.69) is 24.0 Å². The van der Waals surface area contributed by atoms with Crippen molar-refractivity contribution in [3.05, 3.63) is 0 Å². The van der Waals surface area contributed by atoms with Crippen LogP contribution in [0.2, 0.25) is 0 Å². The van der Waals surface area contributed by atoms with Crippen LogP contribution in [0.1, 0.15) is 51.9 Å². The molecule has 0 aromatic heterocycles. The zero-order valence-corrected chi connectivity index (χ0v) is 11.5. The maximum Gasteiger partial charge on any atom is 0.00828 e. The summed E-state index contributed by atoms with van der Waals surface area (Å²) in [4.78, 5) is 0. The molecule has 1 saturated heterocycles. The number of thioether (sulfide) groups is 1. The molecule has 2 fully saturated rings. The highest BCUT2D eigenvalue weighted by atomic mass is 32.2. The summed E-state index contributed by atoms with van der Waals surface area (Å²) in [5.74, 6) is 4.78. The second-order valence-electron chi connectivity index (χ2n) is 5.59. The first kappa shape index (κ1) is 12.8. The van der Waals surface area contributed by atoms with Gasteiger partial charge in [-0.3, -0.25) is 0 Å². The predicted molar refractivity (Wildman–Crippen MR) is 74.1 cm³/mol. The van der Waals surface area contributed by atoms with E-state index in [4.69, 9.17) is 0 Å². The zero-order chi connectivity index (χ0) is 11.2. The molecule has 0 aromatic carbocycles. The fraction of sp³-hybridized carbons (Fsp3) is 1.00. The van der Waals surface area contributed by atoms with E-state index in [1.165, 1.54) is 63.0 Å². The van der Waals surface area contributed by atoms with Gasteiger partial charge in [-0.1, -0.05) is 26.2 Å². The van der Waals surface area contributed by atoms with Crippen molar-refractivity contribution >= 4 is 11.8 Å². The summed E-state index contributed by atoms with van der Waals surface area (Å²) in [5.41, 5.74) is 0. The smallest absolute Gasteiger partial charge is 0.00828 e. The molecule has 1 nitrogen and oxygen atoms in total. The lowest BCUT2D eigenvalue weighted by atomic mass is 9.81. The molecule has 1 N–H and O–H groups in total. The van der Waals surface area contributed by atoms with E-state index >= 15 is 0 Å². The van der Waals surface area contributed by atoms with Crippen molar-refractivity contribution in [3.63, 3.8) is 0 Å². The van der Waals surface area contributed by atoms with E-state index < -0.39 is 0 Å². The fourth-order valence-corrected chi connectivity index (χ4v) is 4.19. The average molecular weight is 241 g/mol. The molecular weight excluding hydrogens is 214 g/mol. The van der Waals surface area contributed by atoms with Crippen molar-refractivity contribution in [2.45, 2.75) is 57.9 Å². The Morgan fingerprint density at radius 1 is 0.938 bits per heavy atom. The van der Waals surface area contributed by atoms with Gasteiger partial charge in [0.1, 0.15) is 0 Å². The Balaban J connectivity index is 1.59. The summed E-state index contributed by atoms with van der Waals surface area (Å²) in [6.07, 6.45) is 10.1. The molecule has 0 atom stereocenters. The number of hydrogen-bond acceptors (Lipinski definition) is 2. The quantitative estimate of drug-likeness (QED) is 0.805. The van der Waals surface area contributed by atoms with E-state index in [1.54, 1.807) is 0 Å². The van der Waals surface area contributed by atoms with Crippen molar-refractivity contribution in [2.75, 3.05) is 18.1 Å². The first-order valence-electron chi connectivity index (χ1n) is 7.19. The van der Waals surface area contributed by atoms with Crippen molar-refractivity contribution in [1.82, 2.24) is 5.32 Å². The molecule has 94 valence electrons. The van der Waals surface area contributed by atoms with E-state index in [-0.39, 0.29) is 0 Å². The molecule has 0 spiro atoms. The lowest BCUT2D eigenvalue weighted by molar-refractivity contribution is 0.255. The van der Waals surface area contributed by atoms with Gasteiger partial charge in [0, 0.05) is 6.04 Å². The molecule has 1 aliphatic heterocycles. The Morgan fingerprint density at radius 3 is 2.19 bits per heavy atom. The Hall–Kier alpha value is 0.310. The number of rotatable bonds is 4. The van der Waals surface area contributed by atoms with Crippen LogP contribution in [0.3, 0.4) is 0 Å². The van der Waals surface area contributed by atoms with E-state index in [9.17, 15) is 0 Å². The molecule has 0 amide bonds. The second-order valence-corrected chi connectivity index (χ2v) is 6.81. The van der Waals surface area contributed by atoms with Gasteiger partial charge in [-0.2, -0.15) is 11.8 Å². The van der Waals surface area contributed by atoms with Crippen LogP contribution in [0.5, 0.6) is 0 Å². The Kier molecular flexibility index (Phi) is 5.51. The van der Waals surface area contributed by atoms with E-state index in [0.29, 0.717) is 0 Å². The molecule has 1 heterocycles. The van der Waals surface area contributed by atoms with Gasteiger partial charge in [-0.05, 0) is 55.6 Å². The van der Waals surface area contributed by atoms with Crippen molar-refractivity contribution in [3.8, 4) is 0 Å². The monoisotopic (exact) mass is 241 g/mol. The Labute approximate surface area is 105 Å². The minimum atomic E-state index is 0.838.